The number of hydrogen-bond acceptors (Lipinski definition) is 4. The third-order valence-corrected chi connectivity index (χ3v) is 14.2. The summed E-state index contributed by atoms with van der Waals surface area (Å²) in [4.78, 5) is 10.1. The van der Waals surface area contributed by atoms with Crippen LogP contribution < -0.4 is 19.6 Å². The average molecular weight is 991 g/mol. The molecule has 0 aromatic heterocycles. The third-order valence-electron chi connectivity index (χ3n) is 14.2. The van der Waals surface area contributed by atoms with Crippen molar-refractivity contribution in [3.63, 3.8) is 0 Å². The summed E-state index contributed by atoms with van der Waals surface area (Å²) in [6, 6.07) is 108. The fraction of sp³-hybridized carbons (Fsp3) is 0.0411. The van der Waals surface area contributed by atoms with Gasteiger partial charge in [0.25, 0.3) is 0 Å². The van der Waals surface area contributed by atoms with Crippen LogP contribution in [0.2, 0.25) is 0 Å². The Morgan fingerprint density at radius 3 is 0.844 bits per heavy atom. The average Bonchev–Trinajstić information content (AvgIpc) is 3.60. The lowest BCUT2D eigenvalue weighted by Gasteiger charge is -2.43. The van der Waals surface area contributed by atoms with Crippen LogP contribution in [0.5, 0.6) is 0 Å². The molecule has 12 aromatic rings. The van der Waals surface area contributed by atoms with Gasteiger partial charge in [-0.05, 0) is 162 Å². The van der Waals surface area contributed by atoms with E-state index >= 15 is 0 Å². The first-order chi connectivity index (χ1) is 38.0. The summed E-state index contributed by atoms with van der Waals surface area (Å²) < 4.78 is 0. The zero-order valence-corrected chi connectivity index (χ0v) is 43.6. The Morgan fingerprint density at radius 2 is 0.481 bits per heavy atom. The molecule has 77 heavy (non-hydrogen) atoms. The van der Waals surface area contributed by atoms with Gasteiger partial charge < -0.3 is 19.6 Å². The van der Waals surface area contributed by atoms with Crippen molar-refractivity contribution in [3.05, 3.63) is 314 Å². The largest absolute Gasteiger partial charge is 0.308 e. The second-order valence-corrected chi connectivity index (χ2v) is 19.6. The molecule has 0 aliphatic rings. The SMILES string of the molecule is Cc1cccc(N(c2ccccc2)c2c(-c3ccc4ccccc4c3)c(-c3ccccc3)c(N(c3ccccc3)c3ccccc3)c(N(c3ccccc3)c3cccc(C)c3)c2N(c2ccccc2)c2cccc(C)c2)c1. The van der Waals surface area contributed by atoms with E-state index in [-0.39, 0.29) is 0 Å². The molecule has 0 heterocycles. The Bertz CT molecular complexity index is 3920. The first-order valence-corrected chi connectivity index (χ1v) is 26.4. The van der Waals surface area contributed by atoms with Crippen molar-refractivity contribution in [1.29, 1.82) is 0 Å². The molecule has 0 bridgehead atoms. The van der Waals surface area contributed by atoms with E-state index in [0.29, 0.717) is 0 Å². The number of benzene rings is 12. The van der Waals surface area contributed by atoms with Crippen molar-refractivity contribution in [3.8, 4) is 22.3 Å². The minimum Gasteiger partial charge on any atom is -0.308 e. The summed E-state index contributed by atoms with van der Waals surface area (Å²) in [5.41, 5.74) is 19.7. The molecule has 0 unspecified atom stereocenters. The van der Waals surface area contributed by atoms with Gasteiger partial charge >= 0.3 is 0 Å². The van der Waals surface area contributed by atoms with Gasteiger partial charge in [-0.15, -0.1) is 0 Å². The van der Waals surface area contributed by atoms with Crippen molar-refractivity contribution < 1.29 is 0 Å². The first-order valence-electron chi connectivity index (χ1n) is 26.4. The lowest BCUT2D eigenvalue weighted by atomic mass is 9.85. The van der Waals surface area contributed by atoms with Gasteiger partial charge in [0.2, 0.25) is 0 Å². The fourth-order valence-corrected chi connectivity index (χ4v) is 10.9. The standard InChI is InChI=1S/C73H58N4/c1-53-27-24-44-65(49-53)75(62-38-16-7-17-39-62)71-69(59-48-47-56-30-22-23-33-58(56)52-59)68(57-31-10-4-11-32-57)70(74(60-34-12-5-13-35-60)61-36-14-6-15-37-61)72(76(63-40-18-8-19-41-63)66-45-25-28-54(2)50-66)73(71)77(64-42-20-9-21-43-64)67-46-26-29-55(3)51-67/h4-52H,1-3H3. The predicted molar refractivity (Wildman–Crippen MR) is 328 cm³/mol. The molecule has 4 heteroatoms. The number of aryl methyl sites for hydroxylation is 3. The Kier molecular flexibility index (Phi) is 13.4. The van der Waals surface area contributed by atoms with E-state index in [0.717, 1.165) is 113 Å². The van der Waals surface area contributed by atoms with Gasteiger partial charge in [0.05, 0.1) is 22.7 Å². The molecule has 4 nitrogen and oxygen atoms in total. The Morgan fingerprint density at radius 1 is 0.195 bits per heavy atom. The molecule has 0 spiro atoms. The molecule has 0 aliphatic heterocycles. The second kappa shape index (κ2) is 21.5. The zero-order valence-electron chi connectivity index (χ0n) is 43.6. The molecule has 0 amide bonds. The number of nitrogens with zero attached hydrogens (tertiary/aromatic N) is 4. The van der Waals surface area contributed by atoms with Crippen molar-refractivity contribution in [1.82, 2.24) is 0 Å². The van der Waals surface area contributed by atoms with Gasteiger partial charge in [0, 0.05) is 56.6 Å². The van der Waals surface area contributed by atoms with Crippen LogP contribution in [0.25, 0.3) is 33.0 Å². The lowest BCUT2D eigenvalue weighted by Crippen LogP contribution is -2.25. The fourth-order valence-electron chi connectivity index (χ4n) is 10.9. The molecule has 0 N–H and O–H groups in total. The molecular formula is C73H58N4. The van der Waals surface area contributed by atoms with Crippen LogP contribution in [-0.2, 0) is 0 Å². The van der Waals surface area contributed by atoms with Crippen LogP contribution in [0.1, 0.15) is 16.7 Å². The highest BCUT2D eigenvalue weighted by atomic mass is 15.3. The molecule has 0 aliphatic carbocycles. The van der Waals surface area contributed by atoms with Gasteiger partial charge in [-0.1, -0.05) is 194 Å². The molecule has 0 saturated heterocycles. The van der Waals surface area contributed by atoms with Crippen molar-refractivity contribution in [2.45, 2.75) is 20.8 Å². The monoisotopic (exact) mass is 990 g/mol. The molecule has 0 fully saturated rings. The number of rotatable bonds is 14. The van der Waals surface area contributed by atoms with E-state index in [4.69, 9.17) is 0 Å². The van der Waals surface area contributed by atoms with E-state index in [1.807, 2.05) is 0 Å². The topological polar surface area (TPSA) is 13.0 Å². The highest BCUT2D eigenvalue weighted by Crippen LogP contribution is 2.65. The maximum atomic E-state index is 2.52. The maximum Gasteiger partial charge on any atom is 0.0975 e. The van der Waals surface area contributed by atoms with Crippen LogP contribution in [0.3, 0.4) is 0 Å². The van der Waals surface area contributed by atoms with E-state index in [1.54, 1.807) is 0 Å². The summed E-state index contributed by atoms with van der Waals surface area (Å²) in [5, 5.41) is 2.32. The minimum atomic E-state index is 0.965. The third kappa shape index (κ3) is 9.61. The minimum absolute atomic E-state index is 0.965. The Labute approximate surface area is 453 Å². The van der Waals surface area contributed by atoms with Crippen LogP contribution in [0, 0.1) is 20.8 Å². The van der Waals surface area contributed by atoms with E-state index in [2.05, 4.69) is 338 Å². The van der Waals surface area contributed by atoms with Crippen LogP contribution >= 0.6 is 0 Å². The second-order valence-electron chi connectivity index (χ2n) is 19.6. The van der Waals surface area contributed by atoms with Crippen LogP contribution in [-0.4, -0.2) is 0 Å². The predicted octanol–water partition coefficient (Wildman–Crippen LogP) is 21.0. The summed E-state index contributed by atoms with van der Waals surface area (Å²) in [6.07, 6.45) is 0. The number of hydrogen-bond donors (Lipinski definition) is 0. The van der Waals surface area contributed by atoms with Crippen molar-refractivity contribution in [2.24, 2.45) is 0 Å². The Hall–Kier alpha value is -9.90. The normalized spacial score (nSPS) is 11.1. The van der Waals surface area contributed by atoms with Gasteiger partial charge in [0.1, 0.15) is 0 Å². The van der Waals surface area contributed by atoms with Gasteiger partial charge in [0.15, 0.2) is 0 Å². The van der Waals surface area contributed by atoms with Crippen LogP contribution in [0.4, 0.5) is 68.2 Å². The van der Waals surface area contributed by atoms with E-state index in [9.17, 15) is 0 Å². The summed E-state index contributed by atoms with van der Waals surface area (Å²) >= 11 is 0. The molecule has 0 atom stereocenters. The molecule has 12 aromatic carbocycles. The molecular weight excluding hydrogens is 933 g/mol. The zero-order chi connectivity index (χ0) is 52.1. The Balaban J connectivity index is 1.46. The smallest absolute Gasteiger partial charge is 0.0975 e. The number of para-hydroxylation sites is 5. The lowest BCUT2D eigenvalue weighted by molar-refractivity contribution is 1.17. The molecule has 0 radical (unpaired) electrons. The highest BCUT2D eigenvalue weighted by molar-refractivity contribution is 6.19. The van der Waals surface area contributed by atoms with E-state index in [1.165, 1.54) is 5.39 Å². The molecule has 0 saturated carbocycles. The summed E-state index contributed by atoms with van der Waals surface area (Å²) in [7, 11) is 0. The summed E-state index contributed by atoms with van der Waals surface area (Å²) in [5.74, 6) is 0. The summed E-state index contributed by atoms with van der Waals surface area (Å²) in [6.45, 7) is 6.57. The molecule has 12 rings (SSSR count). The van der Waals surface area contributed by atoms with Gasteiger partial charge in [-0.3, -0.25) is 0 Å². The highest BCUT2D eigenvalue weighted by Gasteiger charge is 2.39. The van der Waals surface area contributed by atoms with E-state index < -0.39 is 0 Å². The van der Waals surface area contributed by atoms with Gasteiger partial charge in [-0.2, -0.15) is 0 Å². The number of fused-ring (bicyclic) bond motifs is 1. The van der Waals surface area contributed by atoms with Crippen molar-refractivity contribution in [2.75, 3.05) is 19.6 Å². The van der Waals surface area contributed by atoms with Gasteiger partial charge in [-0.25, -0.2) is 0 Å². The molecule has 370 valence electrons. The van der Waals surface area contributed by atoms with Crippen LogP contribution in [0.15, 0.2) is 297 Å². The quantitative estimate of drug-likeness (QED) is 0.108. The number of anilines is 12. The van der Waals surface area contributed by atoms with Crippen molar-refractivity contribution >= 4 is 79.0 Å². The maximum absolute atomic E-state index is 2.52. The first kappa shape index (κ1) is 48.1.